The first-order valence-electron chi connectivity index (χ1n) is 12.0. The van der Waals surface area contributed by atoms with Crippen LogP contribution in [0.3, 0.4) is 0 Å². The summed E-state index contributed by atoms with van der Waals surface area (Å²) in [6.45, 7) is 4.31. The number of rotatable bonds is 9. The van der Waals surface area contributed by atoms with Crippen LogP contribution in [0.15, 0.2) is 23.7 Å². The van der Waals surface area contributed by atoms with E-state index in [0.29, 0.717) is 40.5 Å². The van der Waals surface area contributed by atoms with Gasteiger partial charge in [0.2, 0.25) is 5.95 Å². The summed E-state index contributed by atoms with van der Waals surface area (Å²) in [6.07, 6.45) is 4.75. The maximum absolute atomic E-state index is 13.7. The molecule has 11 heteroatoms. The minimum absolute atomic E-state index is 0.200. The highest BCUT2D eigenvalue weighted by Crippen LogP contribution is 2.37. The molecule has 1 N–H and O–H groups in total. The van der Waals surface area contributed by atoms with Crippen molar-refractivity contribution in [2.75, 3.05) is 56.7 Å². The predicted molar refractivity (Wildman–Crippen MR) is 134 cm³/mol. The van der Waals surface area contributed by atoms with Gasteiger partial charge in [-0.25, -0.2) is 18.7 Å². The van der Waals surface area contributed by atoms with Gasteiger partial charge in [0.1, 0.15) is 5.82 Å². The first kappa shape index (κ1) is 23.9. The molecule has 1 aromatic carbocycles. The molecular formula is C24H30F2N6O2S. The first-order chi connectivity index (χ1) is 17.0. The van der Waals surface area contributed by atoms with E-state index in [1.54, 1.807) is 13.3 Å². The number of thiazole rings is 1. The summed E-state index contributed by atoms with van der Waals surface area (Å²) < 4.78 is 39.2. The molecular weight excluding hydrogens is 474 g/mol. The monoisotopic (exact) mass is 504 g/mol. The average molecular weight is 505 g/mol. The summed E-state index contributed by atoms with van der Waals surface area (Å²) in [5.41, 5.74) is 0.654. The Labute approximate surface area is 207 Å². The van der Waals surface area contributed by atoms with Gasteiger partial charge in [-0.05, 0) is 38.4 Å². The predicted octanol–water partition coefficient (Wildman–Crippen LogP) is 4.94. The third-order valence-corrected chi connectivity index (χ3v) is 7.17. The molecule has 35 heavy (non-hydrogen) atoms. The van der Waals surface area contributed by atoms with Gasteiger partial charge in [0.15, 0.2) is 16.6 Å². The number of ether oxygens (including phenoxy) is 2. The summed E-state index contributed by atoms with van der Waals surface area (Å²) in [5, 5.41) is 6.55. The van der Waals surface area contributed by atoms with Crippen molar-refractivity contribution in [2.45, 2.75) is 38.0 Å². The van der Waals surface area contributed by atoms with Crippen LogP contribution < -0.4 is 19.7 Å². The molecule has 3 aromatic rings. The number of alkyl halides is 2. The van der Waals surface area contributed by atoms with Crippen LogP contribution in [0.5, 0.6) is 11.5 Å². The van der Waals surface area contributed by atoms with E-state index in [0.717, 1.165) is 31.4 Å². The number of fused-ring (bicyclic) bond motifs is 1. The van der Waals surface area contributed by atoms with Gasteiger partial charge in [-0.2, -0.15) is 4.98 Å². The number of nitrogens with zero attached hydrogens (tertiary/aromatic N) is 5. The third kappa shape index (κ3) is 5.72. The second kappa shape index (κ2) is 10.4. The number of halogens is 2. The second-order valence-corrected chi connectivity index (χ2v) is 9.84. The number of aromatic nitrogens is 3. The minimum atomic E-state index is -2.64. The molecule has 0 spiro atoms. The number of anilines is 3. The van der Waals surface area contributed by atoms with Gasteiger partial charge in [-0.15, -0.1) is 11.3 Å². The third-order valence-electron chi connectivity index (χ3n) is 6.48. The van der Waals surface area contributed by atoms with Gasteiger partial charge in [0.05, 0.1) is 19.2 Å². The largest absolute Gasteiger partial charge is 0.493 e. The molecule has 0 amide bonds. The quantitative estimate of drug-likeness (QED) is 0.411. The Balaban J connectivity index is 1.42. The van der Waals surface area contributed by atoms with E-state index in [1.165, 1.54) is 24.2 Å². The van der Waals surface area contributed by atoms with Crippen molar-refractivity contribution in [3.8, 4) is 11.5 Å². The number of likely N-dealkylation sites (tertiary alicyclic amines) is 1. The molecule has 2 fully saturated rings. The zero-order valence-electron chi connectivity index (χ0n) is 19.8. The topological polar surface area (TPSA) is 75.6 Å². The Morgan fingerprint density at radius 1 is 1.09 bits per heavy atom. The van der Waals surface area contributed by atoms with Crippen LogP contribution in [0.25, 0.3) is 10.9 Å². The molecule has 2 aliphatic rings. The molecule has 0 aliphatic carbocycles. The SMILES string of the molecule is COc1cc2c(Nc3nccs3)nc(N3CCC(F)(F)CC3)nc2cc1OCCCN1CCCC1. The van der Waals surface area contributed by atoms with E-state index in [1.807, 2.05) is 22.4 Å². The summed E-state index contributed by atoms with van der Waals surface area (Å²) in [6, 6.07) is 3.70. The zero-order valence-corrected chi connectivity index (χ0v) is 20.6. The van der Waals surface area contributed by atoms with Gasteiger partial charge in [-0.1, -0.05) is 0 Å². The number of hydrogen-bond acceptors (Lipinski definition) is 9. The molecule has 0 saturated carbocycles. The Morgan fingerprint density at radius 3 is 2.60 bits per heavy atom. The highest BCUT2D eigenvalue weighted by Gasteiger charge is 2.35. The highest BCUT2D eigenvalue weighted by molar-refractivity contribution is 7.13. The fourth-order valence-corrected chi connectivity index (χ4v) is 5.06. The molecule has 4 heterocycles. The molecule has 0 unspecified atom stereocenters. The number of piperidine rings is 1. The molecule has 0 atom stereocenters. The van der Waals surface area contributed by atoms with Crippen LogP contribution in [0, 0.1) is 0 Å². The van der Waals surface area contributed by atoms with E-state index in [2.05, 4.69) is 15.2 Å². The fraction of sp³-hybridized carbons (Fsp3) is 0.542. The molecule has 2 aromatic heterocycles. The van der Waals surface area contributed by atoms with Crippen molar-refractivity contribution < 1.29 is 18.3 Å². The van der Waals surface area contributed by atoms with E-state index >= 15 is 0 Å². The average Bonchev–Trinajstić information content (AvgIpc) is 3.56. The van der Waals surface area contributed by atoms with Crippen molar-refractivity contribution in [3.05, 3.63) is 23.7 Å². The van der Waals surface area contributed by atoms with Crippen LogP contribution >= 0.6 is 11.3 Å². The van der Waals surface area contributed by atoms with Crippen molar-refractivity contribution in [3.63, 3.8) is 0 Å². The van der Waals surface area contributed by atoms with Crippen LogP contribution in [0.4, 0.5) is 25.7 Å². The Kier molecular flexibility index (Phi) is 7.14. The molecule has 0 radical (unpaired) electrons. The van der Waals surface area contributed by atoms with E-state index in [-0.39, 0.29) is 25.9 Å². The number of nitrogens with one attached hydrogen (secondary N) is 1. The van der Waals surface area contributed by atoms with Crippen molar-refractivity contribution >= 4 is 39.1 Å². The Morgan fingerprint density at radius 2 is 1.89 bits per heavy atom. The summed E-state index contributed by atoms with van der Waals surface area (Å²) in [4.78, 5) is 18.0. The molecule has 8 nitrogen and oxygen atoms in total. The van der Waals surface area contributed by atoms with E-state index < -0.39 is 5.92 Å². The van der Waals surface area contributed by atoms with Crippen LogP contribution in [-0.4, -0.2) is 72.2 Å². The summed E-state index contributed by atoms with van der Waals surface area (Å²) in [5.74, 6) is -0.474. The number of methoxy groups -OCH3 is 1. The van der Waals surface area contributed by atoms with Crippen molar-refractivity contribution in [1.29, 1.82) is 0 Å². The number of benzene rings is 1. The molecule has 0 bridgehead atoms. The maximum atomic E-state index is 13.7. The van der Waals surface area contributed by atoms with Crippen molar-refractivity contribution in [1.82, 2.24) is 19.9 Å². The van der Waals surface area contributed by atoms with E-state index in [4.69, 9.17) is 19.4 Å². The molecule has 2 saturated heterocycles. The van der Waals surface area contributed by atoms with Crippen molar-refractivity contribution in [2.24, 2.45) is 0 Å². The smallest absolute Gasteiger partial charge is 0.251 e. The minimum Gasteiger partial charge on any atom is -0.493 e. The van der Waals surface area contributed by atoms with E-state index in [9.17, 15) is 8.78 Å². The van der Waals surface area contributed by atoms with Gasteiger partial charge >= 0.3 is 0 Å². The van der Waals surface area contributed by atoms with Crippen LogP contribution in [0.2, 0.25) is 0 Å². The number of hydrogen-bond donors (Lipinski definition) is 1. The summed E-state index contributed by atoms with van der Waals surface area (Å²) >= 11 is 1.45. The van der Waals surface area contributed by atoms with Gasteiger partial charge < -0.3 is 24.6 Å². The summed E-state index contributed by atoms with van der Waals surface area (Å²) in [7, 11) is 1.61. The maximum Gasteiger partial charge on any atom is 0.251 e. The van der Waals surface area contributed by atoms with Gasteiger partial charge in [0.25, 0.3) is 5.92 Å². The lowest BCUT2D eigenvalue weighted by atomic mass is 10.1. The van der Waals surface area contributed by atoms with Crippen LogP contribution in [0.1, 0.15) is 32.1 Å². The second-order valence-electron chi connectivity index (χ2n) is 8.95. The lowest BCUT2D eigenvalue weighted by Gasteiger charge is -2.32. The fourth-order valence-electron chi connectivity index (χ4n) is 4.53. The highest BCUT2D eigenvalue weighted by atomic mass is 32.1. The molecule has 2 aliphatic heterocycles. The zero-order chi connectivity index (χ0) is 24.3. The Hall–Kier alpha value is -2.79. The lowest BCUT2D eigenvalue weighted by molar-refractivity contribution is -0.0222. The molecule has 5 rings (SSSR count). The first-order valence-corrected chi connectivity index (χ1v) is 12.9. The standard InChI is InChI=1S/C24H30F2N6O2S/c1-33-19-15-17-18(16-20(19)34-13-4-10-31-8-2-3-9-31)28-22(32-11-5-24(25,26)6-12-32)29-21(17)30-23-27-7-14-35-23/h7,14-16H,2-6,8-13H2,1H3,(H,27,28,29,30). The van der Waals surface area contributed by atoms with Gasteiger partial charge in [0, 0.05) is 55.5 Å². The van der Waals surface area contributed by atoms with Gasteiger partial charge in [-0.3, -0.25) is 0 Å². The normalized spacial score (nSPS) is 18.2. The molecule has 188 valence electrons. The van der Waals surface area contributed by atoms with Crippen LogP contribution in [-0.2, 0) is 0 Å². The lowest BCUT2D eigenvalue weighted by Crippen LogP contribution is -2.40. The Bertz CT molecular complexity index is 1130.